The number of hydrogen-bond acceptors (Lipinski definition) is 5. The van der Waals surface area contributed by atoms with Gasteiger partial charge in [-0.3, -0.25) is 9.69 Å². The van der Waals surface area contributed by atoms with Gasteiger partial charge >= 0.3 is 6.09 Å². The highest BCUT2D eigenvalue weighted by Crippen LogP contribution is 2.39. The molecular weight excluding hydrogens is 434 g/mol. The first-order valence-electron chi connectivity index (χ1n) is 11.4. The molecule has 2 atom stereocenters. The molecule has 1 fully saturated rings. The minimum atomic E-state index is -2.07. The summed E-state index contributed by atoms with van der Waals surface area (Å²) in [6.07, 6.45) is -0.321. The van der Waals surface area contributed by atoms with E-state index in [0.29, 0.717) is 18.8 Å². The maximum absolute atomic E-state index is 13.2. The highest BCUT2D eigenvalue weighted by molar-refractivity contribution is 6.74. The molecule has 2 heterocycles. The Kier molecular flexibility index (Phi) is 7.59. The average Bonchev–Trinajstić information content (AvgIpc) is 3.15. The normalized spacial score (nSPS) is 18.8. The largest absolute Gasteiger partial charge is 0.445 e. The molecule has 0 aliphatic carbocycles. The Hall–Kier alpha value is -2.71. The summed E-state index contributed by atoms with van der Waals surface area (Å²) < 4.78 is 12.1. The summed E-state index contributed by atoms with van der Waals surface area (Å²) in [6.45, 7) is 13.2. The van der Waals surface area contributed by atoms with Crippen LogP contribution < -0.4 is 5.32 Å². The van der Waals surface area contributed by atoms with E-state index < -0.39 is 20.5 Å². The summed E-state index contributed by atoms with van der Waals surface area (Å²) in [7, 11) is -2.07. The molecule has 0 saturated carbocycles. The molecule has 0 radical (unpaired) electrons. The number of nitrogens with one attached hydrogen (secondary N) is 1. The molecule has 1 aliphatic rings. The molecule has 2 amide bonds. The second-order valence-electron chi connectivity index (χ2n) is 10.1. The number of carbonyl (C=O) groups is 2. The number of rotatable bonds is 6. The number of ether oxygens (including phenoxy) is 1. The number of aryl methyl sites for hydroxylation is 1. The standard InChI is InChI=1S/C25H35N3O4Si/c1-18-11-10-14-22(26-18)27-23(29)21-15-20(32-33(5,6)25(2,3)4)16-28(21)24(30)31-17-19-12-8-7-9-13-19/h7-14,20-21H,15-17H2,1-6H3,(H,26,27,29)/t20-,21+/m1/s1. The lowest BCUT2D eigenvalue weighted by Gasteiger charge is -2.38. The van der Waals surface area contributed by atoms with Crippen LogP contribution in [0.5, 0.6) is 0 Å². The van der Waals surface area contributed by atoms with E-state index in [0.717, 1.165) is 11.3 Å². The summed E-state index contributed by atoms with van der Waals surface area (Å²) in [6, 6.07) is 14.2. The van der Waals surface area contributed by atoms with Crippen LogP contribution in [0.15, 0.2) is 48.5 Å². The van der Waals surface area contributed by atoms with E-state index in [1.165, 1.54) is 4.90 Å². The number of carbonyl (C=O) groups excluding carboxylic acids is 2. The second kappa shape index (κ2) is 10.1. The molecule has 0 unspecified atom stereocenters. The van der Waals surface area contributed by atoms with Crippen LogP contribution in [0.3, 0.4) is 0 Å². The van der Waals surface area contributed by atoms with Crippen molar-refractivity contribution in [2.24, 2.45) is 0 Å². The third-order valence-corrected chi connectivity index (χ3v) is 10.9. The van der Waals surface area contributed by atoms with E-state index in [4.69, 9.17) is 9.16 Å². The van der Waals surface area contributed by atoms with Gasteiger partial charge in [-0.25, -0.2) is 9.78 Å². The summed E-state index contributed by atoms with van der Waals surface area (Å²) >= 11 is 0. The molecule has 2 aromatic rings. The van der Waals surface area contributed by atoms with Gasteiger partial charge in [-0.05, 0) is 42.8 Å². The van der Waals surface area contributed by atoms with Crippen molar-refractivity contribution in [3.8, 4) is 0 Å². The third kappa shape index (κ3) is 6.42. The van der Waals surface area contributed by atoms with Crippen molar-refractivity contribution in [3.63, 3.8) is 0 Å². The van der Waals surface area contributed by atoms with E-state index in [9.17, 15) is 9.59 Å². The van der Waals surface area contributed by atoms with Crippen LogP contribution in [-0.2, 0) is 20.6 Å². The Morgan fingerprint density at radius 2 is 1.82 bits per heavy atom. The number of likely N-dealkylation sites (tertiary alicyclic amines) is 1. The molecule has 1 saturated heterocycles. The number of benzene rings is 1. The number of aromatic nitrogens is 1. The lowest BCUT2D eigenvalue weighted by molar-refractivity contribution is -0.120. The van der Waals surface area contributed by atoms with Crippen LogP contribution in [0, 0.1) is 6.92 Å². The number of anilines is 1. The van der Waals surface area contributed by atoms with E-state index in [1.807, 2.05) is 49.4 Å². The Balaban J connectivity index is 1.75. The highest BCUT2D eigenvalue weighted by Gasteiger charge is 2.46. The number of pyridine rings is 1. The van der Waals surface area contributed by atoms with Crippen LogP contribution in [-0.4, -0.2) is 48.9 Å². The maximum atomic E-state index is 13.2. The Bertz CT molecular complexity index is 975. The molecule has 1 N–H and O–H groups in total. The van der Waals surface area contributed by atoms with Gasteiger partial charge in [0.1, 0.15) is 18.5 Å². The summed E-state index contributed by atoms with van der Waals surface area (Å²) in [4.78, 5) is 32.0. The predicted molar refractivity (Wildman–Crippen MR) is 131 cm³/mol. The zero-order valence-electron chi connectivity index (χ0n) is 20.4. The van der Waals surface area contributed by atoms with Crippen molar-refractivity contribution < 1.29 is 18.8 Å². The lowest BCUT2D eigenvalue weighted by atomic mass is 10.2. The first kappa shape index (κ1) is 24.9. The molecule has 1 aromatic carbocycles. The fraction of sp³-hybridized carbons (Fsp3) is 0.480. The fourth-order valence-corrected chi connectivity index (χ4v) is 4.91. The Morgan fingerprint density at radius 3 is 2.45 bits per heavy atom. The third-order valence-electron chi connectivity index (χ3n) is 6.41. The van der Waals surface area contributed by atoms with Crippen molar-refractivity contribution in [1.82, 2.24) is 9.88 Å². The molecule has 0 bridgehead atoms. The van der Waals surface area contributed by atoms with Crippen molar-refractivity contribution >= 4 is 26.1 Å². The molecule has 1 aliphatic heterocycles. The van der Waals surface area contributed by atoms with Crippen LogP contribution >= 0.6 is 0 Å². The molecule has 8 heteroatoms. The fourth-order valence-electron chi connectivity index (χ4n) is 3.55. The SMILES string of the molecule is Cc1cccc(NC(=O)[C@@H]2C[C@@H](O[Si](C)(C)C(C)(C)C)CN2C(=O)OCc2ccccc2)n1. The monoisotopic (exact) mass is 469 g/mol. The molecule has 33 heavy (non-hydrogen) atoms. The van der Waals surface area contributed by atoms with Gasteiger partial charge in [0.05, 0.1) is 6.10 Å². The van der Waals surface area contributed by atoms with Crippen LogP contribution in [0.2, 0.25) is 18.1 Å². The van der Waals surface area contributed by atoms with Gasteiger partial charge in [0.15, 0.2) is 8.32 Å². The number of hydrogen-bond donors (Lipinski definition) is 1. The van der Waals surface area contributed by atoms with Gasteiger partial charge in [-0.2, -0.15) is 0 Å². The second-order valence-corrected chi connectivity index (χ2v) is 14.9. The first-order chi connectivity index (χ1) is 15.5. The van der Waals surface area contributed by atoms with Crippen molar-refractivity contribution in [1.29, 1.82) is 0 Å². The summed E-state index contributed by atoms with van der Waals surface area (Å²) in [5.74, 6) is 0.178. The van der Waals surface area contributed by atoms with Gasteiger partial charge in [0, 0.05) is 18.7 Å². The zero-order chi connectivity index (χ0) is 24.2. The Morgan fingerprint density at radius 1 is 1.12 bits per heavy atom. The van der Waals surface area contributed by atoms with E-state index in [2.05, 4.69) is 44.2 Å². The highest BCUT2D eigenvalue weighted by atomic mass is 28.4. The maximum Gasteiger partial charge on any atom is 0.410 e. The number of amides is 2. The molecule has 0 spiro atoms. The molecule has 3 rings (SSSR count). The van der Waals surface area contributed by atoms with Crippen molar-refractivity contribution in [2.75, 3.05) is 11.9 Å². The van der Waals surface area contributed by atoms with Crippen molar-refractivity contribution in [3.05, 3.63) is 59.8 Å². The van der Waals surface area contributed by atoms with E-state index >= 15 is 0 Å². The van der Waals surface area contributed by atoms with Crippen LogP contribution in [0.25, 0.3) is 0 Å². The molecular formula is C25H35N3O4Si. The van der Waals surface area contributed by atoms with Gasteiger partial charge in [0.2, 0.25) is 5.91 Å². The zero-order valence-corrected chi connectivity index (χ0v) is 21.4. The summed E-state index contributed by atoms with van der Waals surface area (Å²) in [5.41, 5.74) is 1.70. The molecule has 178 valence electrons. The first-order valence-corrected chi connectivity index (χ1v) is 14.3. The van der Waals surface area contributed by atoms with Crippen LogP contribution in [0.1, 0.15) is 38.4 Å². The quantitative estimate of drug-likeness (QED) is 0.593. The smallest absolute Gasteiger partial charge is 0.410 e. The van der Waals surface area contributed by atoms with Gasteiger partial charge in [0.25, 0.3) is 0 Å². The van der Waals surface area contributed by atoms with Gasteiger partial charge < -0.3 is 14.5 Å². The average molecular weight is 470 g/mol. The minimum Gasteiger partial charge on any atom is -0.445 e. The number of nitrogens with zero attached hydrogens (tertiary/aromatic N) is 2. The molecule has 7 nitrogen and oxygen atoms in total. The van der Waals surface area contributed by atoms with Gasteiger partial charge in [-0.1, -0.05) is 57.2 Å². The predicted octanol–water partition coefficient (Wildman–Crippen LogP) is 5.13. The lowest BCUT2D eigenvalue weighted by Crippen LogP contribution is -2.45. The van der Waals surface area contributed by atoms with E-state index in [-0.39, 0.29) is 23.7 Å². The summed E-state index contributed by atoms with van der Waals surface area (Å²) in [5, 5.41) is 2.88. The van der Waals surface area contributed by atoms with Gasteiger partial charge in [-0.15, -0.1) is 0 Å². The van der Waals surface area contributed by atoms with Crippen LogP contribution in [0.4, 0.5) is 10.6 Å². The topological polar surface area (TPSA) is 80.8 Å². The molecule has 1 aromatic heterocycles. The van der Waals surface area contributed by atoms with Crippen molar-refractivity contribution in [2.45, 2.75) is 71.0 Å². The minimum absolute atomic E-state index is 0.0253. The Labute approximate surface area is 197 Å². The van der Waals surface area contributed by atoms with E-state index in [1.54, 1.807) is 6.07 Å².